The monoisotopic (exact) mass is 462 g/mol. The van der Waals surface area contributed by atoms with Crippen molar-refractivity contribution in [2.24, 2.45) is 5.92 Å². The predicted molar refractivity (Wildman–Crippen MR) is 134 cm³/mol. The van der Waals surface area contributed by atoms with Crippen LogP contribution in [0.3, 0.4) is 0 Å². The van der Waals surface area contributed by atoms with E-state index in [-0.39, 0.29) is 23.6 Å². The number of aryl methyl sites for hydroxylation is 1. The zero-order chi connectivity index (χ0) is 24.2. The van der Waals surface area contributed by atoms with E-state index in [1.54, 1.807) is 6.07 Å². The normalized spacial score (nSPS) is 16.2. The van der Waals surface area contributed by atoms with Crippen LogP contribution in [0.1, 0.15) is 53.0 Å². The predicted octanol–water partition coefficient (Wildman–Crippen LogP) is 3.79. The number of anilines is 2. The first-order valence-corrected chi connectivity index (χ1v) is 12.2. The summed E-state index contributed by atoms with van der Waals surface area (Å²) in [7, 11) is 0. The first kappa shape index (κ1) is 23.8. The van der Waals surface area contributed by atoms with Crippen molar-refractivity contribution in [3.05, 3.63) is 59.2 Å². The molecule has 7 heteroatoms. The molecule has 1 N–H and O–H groups in total. The molecule has 2 aliphatic rings. The molecule has 2 fully saturated rings. The highest BCUT2D eigenvalue weighted by Crippen LogP contribution is 2.28. The van der Waals surface area contributed by atoms with E-state index in [1.165, 1.54) is 0 Å². The molecule has 0 atom stereocenters. The van der Waals surface area contributed by atoms with Crippen LogP contribution >= 0.6 is 0 Å². The fourth-order valence-corrected chi connectivity index (χ4v) is 4.47. The van der Waals surface area contributed by atoms with Gasteiger partial charge in [-0.1, -0.05) is 31.5 Å². The number of likely N-dealkylation sites (tertiary alicyclic amines) is 1. The molecule has 3 amide bonds. The number of amides is 3. The van der Waals surface area contributed by atoms with Gasteiger partial charge in [-0.3, -0.25) is 14.4 Å². The van der Waals surface area contributed by atoms with Crippen molar-refractivity contribution in [1.29, 1.82) is 0 Å². The van der Waals surface area contributed by atoms with Crippen molar-refractivity contribution < 1.29 is 14.4 Å². The highest BCUT2D eigenvalue weighted by Gasteiger charge is 2.28. The smallest absolute Gasteiger partial charge is 0.256 e. The maximum Gasteiger partial charge on any atom is 0.256 e. The van der Waals surface area contributed by atoms with Crippen LogP contribution in [0.5, 0.6) is 0 Å². The number of hydrogen-bond acceptors (Lipinski definition) is 4. The Labute approximate surface area is 201 Å². The number of nitrogens with one attached hydrogen (secondary N) is 1. The van der Waals surface area contributed by atoms with Crippen LogP contribution in [-0.2, 0) is 4.79 Å². The Morgan fingerprint density at radius 3 is 2.03 bits per heavy atom. The molecular formula is C27H34N4O3. The molecule has 180 valence electrons. The zero-order valence-corrected chi connectivity index (χ0v) is 20.3. The highest BCUT2D eigenvalue weighted by molar-refractivity contribution is 6.02. The Morgan fingerprint density at radius 1 is 0.794 bits per heavy atom. The van der Waals surface area contributed by atoms with Gasteiger partial charge in [0.2, 0.25) is 5.91 Å². The van der Waals surface area contributed by atoms with E-state index in [2.05, 4.69) is 10.2 Å². The fourth-order valence-electron chi connectivity index (χ4n) is 4.47. The molecule has 0 aromatic heterocycles. The first-order chi connectivity index (χ1) is 16.3. The van der Waals surface area contributed by atoms with E-state index < -0.39 is 0 Å². The average Bonchev–Trinajstić information content (AvgIpc) is 3.39. The molecular weight excluding hydrogens is 428 g/mol. The fraction of sp³-hybridized carbons (Fsp3) is 0.444. The SMILES string of the molecule is Cc1ccc(C(=O)N2CCN(c3ccc(NC(=O)C(C)C)cc3C(=O)N3CCCC3)CC2)cc1. The number of nitrogens with zero attached hydrogens (tertiary/aromatic N) is 3. The van der Waals surface area contributed by atoms with Gasteiger partial charge in [-0.2, -0.15) is 0 Å². The Balaban J connectivity index is 1.52. The maximum atomic E-state index is 13.4. The molecule has 7 nitrogen and oxygen atoms in total. The van der Waals surface area contributed by atoms with Crippen molar-refractivity contribution in [1.82, 2.24) is 9.80 Å². The van der Waals surface area contributed by atoms with Crippen LogP contribution in [0.2, 0.25) is 0 Å². The van der Waals surface area contributed by atoms with Gasteiger partial charge in [-0.15, -0.1) is 0 Å². The summed E-state index contributed by atoms with van der Waals surface area (Å²) in [5, 5.41) is 2.92. The second-order valence-corrected chi connectivity index (χ2v) is 9.52. The Kier molecular flexibility index (Phi) is 7.20. The Hall–Kier alpha value is -3.35. The van der Waals surface area contributed by atoms with Crippen molar-refractivity contribution in [2.75, 3.05) is 49.5 Å². The third kappa shape index (κ3) is 5.24. The van der Waals surface area contributed by atoms with Crippen molar-refractivity contribution in [3.8, 4) is 0 Å². The van der Waals surface area contributed by atoms with E-state index in [0.717, 1.165) is 37.2 Å². The lowest BCUT2D eigenvalue weighted by molar-refractivity contribution is -0.118. The van der Waals surface area contributed by atoms with Gasteiger partial charge in [0.05, 0.1) is 5.56 Å². The lowest BCUT2D eigenvalue weighted by Gasteiger charge is -2.37. The summed E-state index contributed by atoms with van der Waals surface area (Å²) in [5.74, 6) is -0.168. The number of carbonyl (C=O) groups is 3. The van der Waals surface area contributed by atoms with Crippen LogP contribution in [0.25, 0.3) is 0 Å². The molecule has 2 aromatic carbocycles. The minimum Gasteiger partial charge on any atom is -0.367 e. The van der Waals surface area contributed by atoms with Crippen LogP contribution in [-0.4, -0.2) is 66.8 Å². The molecule has 0 saturated carbocycles. The average molecular weight is 463 g/mol. The van der Waals surface area contributed by atoms with Crippen molar-refractivity contribution >= 4 is 29.1 Å². The molecule has 2 aliphatic heterocycles. The number of rotatable bonds is 5. The second kappa shape index (κ2) is 10.3. The molecule has 2 saturated heterocycles. The summed E-state index contributed by atoms with van der Waals surface area (Å²) in [6.45, 7) is 9.71. The Morgan fingerprint density at radius 2 is 1.41 bits per heavy atom. The van der Waals surface area contributed by atoms with Gasteiger partial charge in [0.15, 0.2) is 0 Å². The number of carbonyl (C=O) groups excluding carboxylic acids is 3. The molecule has 0 aliphatic carbocycles. The van der Waals surface area contributed by atoms with Crippen LogP contribution in [0, 0.1) is 12.8 Å². The highest BCUT2D eigenvalue weighted by atomic mass is 16.2. The number of hydrogen-bond donors (Lipinski definition) is 1. The molecule has 2 heterocycles. The molecule has 34 heavy (non-hydrogen) atoms. The maximum absolute atomic E-state index is 13.4. The molecule has 0 radical (unpaired) electrons. The van der Waals surface area contributed by atoms with Gasteiger partial charge in [-0.25, -0.2) is 0 Å². The van der Waals surface area contributed by atoms with Crippen LogP contribution in [0.4, 0.5) is 11.4 Å². The van der Waals surface area contributed by atoms with E-state index in [0.29, 0.717) is 43.0 Å². The van der Waals surface area contributed by atoms with Crippen LogP contribution in [0.15, 0.2) is 42.5 Å². The third-order valence-electron chi connectivity index (χ3n) is 6.62. The van der Waals surface area contributed by atoms with E-state index in [4.69, 9.17) is 0 Å². The number of piperazine rings is 1. The van der Waals surface area contributed by atoms with E-state index in [1.807, 2.05) is 67.0 Å². The van der Waals surface area contributed by atoms with Gasteiger partial charge in [-0.05, 0) is 50.1 Å². The minimum absolute atomic E-state index is 0.00584. The van der Waals surface area contributed by atoms with Crippen molar-refractivity contribution in [3.63, 3.8) is 0 Å². The van der Waals surface area contributed by atoms with Gasteiger partial charge in [0.25, 0.3) is 11.8 Å². The topological polar surface area (TPSA) is 73.0 Å². The Bertz CT molecular complexity index is 1050. The summed E-state index contributed by atoms with van der Waals surface area (Å²) < 4.78 is 0. The standard InChI is InChI=1S/C27H34N4O3/c1-19(2)25(32)28-22-10-11-24(23(18-22)27(34)30-12-4-5-13-30)29-14-16-31(17-15-29)26(33)21-8-6-20(3)7-9-21/h6-11,18-19H,4-5,12-17H2,1-3H3,(H,28,32). The van der Waals surface area contributed by atoms with Gasteiger partial charge in [0, 0.05) is 62.1 Å². The summed E-state index contributed by atoms with van der Waals surface area (Å²) in [4.78, 5) is 44.5. The minimum atomic E-state index is -0.142. The zero-order valence-electron chi connectivity index (χ0n) is 20.3. The molecule has 0 unspecified atom stereocenters. The summed E-state index contributed by atoms with van der Waals surface area (Å²) in [6.07, 6.45) is 2.04. The van der Waals surface area contributed by atoms with E-state index >= 15 is 0 Å². The van der Waals surface area contributed by atoms with Gasteiger partial charge < -0.3 is 20.0 Å². The molecule has 0 bridgehead atoms. The summed E-state index contributed by atoms with van der Waals surface area (Å²) in [6, 6.07) is 13.3. The first-order valence-electron chi connectivity index (χ1n) is 12.2. The quantitative estimate of drug-likeness (QED) is 0.734. The largest absolute Gasteiger partial charge is 0.367 e. The molecule has 2 aromatic rings. The third-order valence-corrected chi connectivity index (χ3v) is 6.62. The molecule has 0 spiro atoms. The van der Waals surface area contributed by atoms with Crippen LogP contribution < -0.4 is 10.2 Å². The lowest BCUT2D eigenvalue weighted by Crippen LogP contribution is -2.49. The summed E-state index contributed by atoms with van der Waals surface area (Å²) >= 11 is 0. The van der Waals surface area contributed by atoms with Gasteiger partial charge >= 0.3 is 0 Å². The second-order valence-electron chi connectivity index (χ2n) is 9.52. The lowest BCUT2D eigenvalue weighted by atomic mass is 10.1. The summed E-state index contributed by atoms with van der Waals surface area (Å²) in [5.41, 5.74) is 3.95. The molecule has 4 rings (SSSR count). The number of benzene rings is 2. The van der Waals surface area contributed by atoms with Crippen molar-refractivity contribution in [2.45, 2.75) is 33.6 Å². The van der Waals surface area contributed by atoms with Gasteiger partial charge in [0.1, 0.15) is 0 Å². The van der Waals surface area contributed by atoms with E-state index in [9.17, 15) is 14.4 Å².